The first-order valence-electron chi connectivity index (χ1n) is 3.97. The highest BCUT2D eigenvalue weighted by atomic mass is 79.9. The third-order valence-corrected chi connectivity index (χ3v) is 3.86. The standard InChI is InChI=1S/C9H17Br.H3N/c1-5-8(4)9(10,6-2)7-3;/h4-7H2,1-3H3;1H3. The van der Waals surface area contributed by atoms with Crippen LogP contribution in [0.4, 0.5) is 0 Å². The molecule has 0 aromatic heterocycles. The lowest BCUT2D eigenvalue weighted by Gasteiger charge is -2.26. The Kier molecular flexibility index (Phi) is 7.23. The lowest BCUT2D eigenvalue weighted by molar-refractivity contribution is 0.623. The highest BCUT2D eigenvalue weighted by molar-refractivity contribution is 9.10. The van der Waals surface area contributed by atoms with E-state index in [9.17, 15) is 0 Å². The van der Waals surface area contributed by atoms with Gasteiger partial charge in [-0.15, -0.1) is 0 Å². The van der Waals surface area contributed by atoms with Crippen molar-refractivity contribution in [1.82, 2.24) is 6.15 Å². The van der Waals surface area contributed by atoms with E-state index in [0.717, 1.165) is 19.3 Å². The van der Waals surface area contributed by atoms with Gasteiger partial charge >= 0.3 is 0 Å². The molecule has 0 amide bonds. The van der Waals surface area contributed by atoms with Crippen LogP contribution in [0.25, 0.3) is 0 Å². The first-order valence-corrected chi connectivity index (χ1v) is 4.77. The molecule has 3 N–H and O–H groups in total. The minimum Gasteiger partial charge on any atom is -0.344 e. The van der Waals surface area contributed by atoms with Crippen molar-refractivity contribution in [3.05, 3.63) is 12.2 Å². The Bertz CT molecular complexity index is 117. The third-order valence-electron chi connectivity index (χ3n) is 2.18. The Morgan fingerprint density at radius 3 is 1.73 bits per heavy atom. The molecule has 0 aliphatic carbocycles. The van der Waals surface area contributed by atoms with Crippen LogP contribution in [0.5, 0.6) is 0 Å². The van der Waals surface area contributed by atoms with Gasteiger partial charge in [-0.3, -0.25) is 0 Å². The molecule has 68 valence electrons. The topological polar surface area (TPSA) is 35.0 Å². The van der Waals surface area contributed by atoms with Gasteiger partial charge in [-0.2, -0.15) is 0 Å². The van der Waals surface area contributed by atoms with Gasteiger partial charge in [0.05, 0.1) is 0 Å². The number of hydrogen-bond donors (Lipinski definition) is 1. The van der Waals surface area contributed by atoms with E-state index in [2.05, 4.69) is 43.3 Å². The summed E-state index contributed by atoms with van der Waals surface area (Å²) in [7, 11) is 0. The predicted octanol–water partition coefficient (Wildman–Crippen LogP) is 4.07. The van der Waals surface area contributed by atoms with E-state index in [1.165, 1.54) is 5.57 Å². The Morgan fingerprint density at radius 1 is 1.27 bits per heavy atom. The zero-order valence-corrected chi connectivity index (χ0v) is 9.50. The number of allylic oxidation sites excluding steroid dienone is 1. The zero-order valence-electron chi connectivity index (χ0n) is 7.91. The van der Waals surface area contributed by atoms with E-state index in [0.29, 0.717) is 0 Å². The van der Waals surface area contributed by atoms with Gasteiger partial charge in [0.2, 0.25) is 0 Å². The van der Waals surface area contributed by atoms with Crippen molar-refractivity contribution in [2.45, 2.75) is 44.4 Å². The van der Waals surface area contributed by atoms with Crippen molar-refractivity contribution in [3.8, 4) is 0 Å². The predicted molar refractivity (Wildman–Crippen MR) is 56.7 cm³/mol. The van der Waals surface area contributed by atoms with Crippen LogP contribution >= 0.6 is 15.9 Å². The molecule has 0 rings (SSSR count). The van der Waals surface area contributed by atoms with Crippen LogP contribution in [0.1, 0.15) is 40.0 Å². The summed E-state index contributed by atoms with van der Waals surface area (Å²) in [5.41, 5.74) is 1.32. The molecule has 0 aromatic carbocycles. The van der Waals surface area contributed by atoms with E-state index in [-0.39, 0.29) is 10.5 Å². The van der Waals surface area contributed by atoms with Crippen molar-refractivity contribution in [2.75, 3.05) is 0 Å². The average molecular weight is 222 g/mol. The van der Waals surface area contributed by atoms with Gasteiger partial charge in [0.25, 0.3) is 0 Å². The van der Waals surface area contributed by atoms with Crippen LogP contribution in [0.3, 0.4) is 0 Å². The summed E-state index contributed by atoms with van der Waals surface area (Å²) in [6, 6.07) is 0. The molecular weight excluding hydrogens is 202 g/mol. The number of halogens is 1. The van der Waals surface area contributed by atoms with Crippen molar-refractivity contribution in [2.24, 2.45) is 0 Å². The molecule has 0 unspecified atom stereocenters. The Labute approximate surface area is 79.0 Å². The largest absolute Gasteiger partial charge is 0.344 e. The maximum Gasteiger partial charge on any atom is 0.0458 e. The second-order valence-corrected chi connectivity index (χ2v) is 4.15. The molecule has 0 spiro atoms. The molecule has 0 heterocycles. The van der Waals surface area contributed by atoms with Gasteiger partial charge in [-0.25, -0.2) is 0 Å². The van der Waals surface area contributed by atoms with Gasteiger partial charge in [0.1, 0.15) is 0 Å². The molecule has 0 bridgehead atoms. The fraction of sp³-hybridized carbons (Fsp3) is 0.778. The summed E-state index contributed by atoms with van der Waals surface area (Å²) in [6.45, 7) is 10.6. The van der Waals surface area contributed by atoms with E-state index >= 15 is 0 Å². The van der Waals surface area contributed by atoms with Crippen molar-refractivity contribution < 1.29 is 0 Å². The molecule has 0 fully saturated rings. The second-order valence-electron chi connectivity index (χ2n) is 2.63. The summed E-state index contributed by atoms with van der Waals surface area (Å²) < 4.78 is 0.210. The molecule has 0 atom stereocenters. The summed E-state index contributed by atoms with van der Waals surface area (Å²) >= 11 is 3.71. The van der Waals surface area contributed by atoms with Gasteiger partial charge in [0.15, 0.2) is 0 Å². The number of rotatable bonds is 4. The van der Waals surface area contributed by atoms with E-state index in [1.54, 1.807) is 0 Å². The average Bonchev–Trinajstić information content (AvgIpc) is 2.01. The van der Waals surface area contributed by atoms with Gasteiger partial charge < -0.3 is 6.15 Å². The van der Waals surface area contributed by atoms with Crippen molar-refractivity contribution in [3.63, 3.8) is 0 Å². The van der Waals surface area contributed by atoms with Crippen LogP contribution in [-0.2, 0) is 0 Å². The highest BCUT2D eigenvalue weighted by Crippen LogP contribution is 2.34. The minimum atomic E-state index is 0. The maximum atomic E-state index is 4.04. The quantitative estimate of drug-likeness (QED) is 0.564. The summed E-state index contributed by atoms with van der Waals surface area (Å²) in [5, 5.41) is 0. The lowest BCUT2D eigenvalue weighted by Crippen LogP contribution is -2.20. The molecule has 0 aliphatic rings. The SMILES string of the molecule is C=C(CC)C(Br)(CC)CC.N. The Balaban J connectivity index is 0. The zero-order chi connectivity index (χ0) is 8.20. The molecule has 0 radical (unpaired) electrons. The van der Waals surface area contributed by atoms with E-state index < -0.39 is 0 Å². The third kappa shape index (κ3) is 3.39. The molecule has 11 heavy (non-hydrogen) atoms. The first kappa shape index (κ1) is 13.7. The summed E-state index contributed by atoms with van der Waals surface area (Å²) in [5.74, 6) is 0. The Hall–Kier alpha value is 0.180. The highest BCUT2D eigenvalue weighted by Gasteiger charge is 2.23. The fourth-order valence-corrected chi connectivity index (χ4v) is 1.35. The van der Waals surface area contributed by atoms with Gasteiger partial charge in [-0.1, -0.05) is 48.9 Å². The van der Waals surface area contributed by atoms with Crippen LogP contribution in [0, 0.1) is 0 Å². The molecule has 0 aromatic rings. The van der Waals surface area contributed by atoms with E-state index in [4.69, 9.17) is 0 Å². The number of hydrogen-bond acceptors (Lipinski definition) is 1. The van der Waals surface area contributed by atoms with Crippen LogP contribution in [0.2, 0.25) is 0 Å². The maximum absolute atomic E-state index is 4.04. The van der Waals surface area contributed by atoms with Crippen molar-refractivity contribution in [1.29, 1.82) is 0 Å². The fourth-order valence-electron chi connectivity index (χ4n) is 1.07. The molecule has 0 saturated carbocycles. The normalized spacial score (nSPS) is 10.5. The second kappa shape index (κ2) is 5.78. The molecule has 0 aliphatic heterocycles. The number of alkyl halides is 1. The Morgan fingerprint density at radius 2 is 1.64 bits per heavy atom. The monoisotopic (exact) mass is 221 g/mol. The van der Waals surface area contributed by atoms with Crippen molar-refractivity contribution >= 4 is 15.9 Å². The van der Waals surface area contributed by atoms with E-state index in [1.807, 2.05) is 0 Å². The molecule has 1 nitrogen and oxygen atoms in total. The summed E-state index contributed by atoms with van der Waals surface area (Å²) in [4.78, 5) is 0. The molecule has 0 saturated heterocycles. The lowest BCUT2D eigenvalue weighted by atomic mass is 9.93. The van der Waals surface area contributed by atoms with Gasteiger partial charge in [0, 0.05) is 4.32 Å². The summed E-state index contributed by atoms with van der Waals surface area (Å²) in [6.07, 6.45) is 3.35. The van der Waals surface area contributed by atoms with Gasteiger partial charge in [-0.05, 0) is 19.3 Å². The molecular formula is C9H20BrN. The van der Waals surface area contributed by atoms with Crippen LogP contribution in [0.15, 0.2) is 12.2 Å². The first-order chi connectivity index (χ1) is 4.60. The van der Waals surface area contributed by atoms with Crippen LogP contribution in [-0.4, -0.2) is 4.32 Å². The smallest absolute Gasteiger partial charge is 0.0458 e. The molecule has 2 heteroatoms. The minimum absolute atomic E-state index is 0. The van der Waals surface area contributed by atoms with Crippen LogP contribution < -0.4 is 6.15 Å².